The fourth-order valence-electron chi connectivity index (χ4n) is 1.79. The molecule has 0 radical (unpaired) electrons. The Hall–Kier alpha value is -2.04. The van der Waals surface area contributed by atoms with Crippen LogP contribution in [0.15, 0.2) is 24.3 Å². The lowest BCUT2D eigenvalue weighted by Crippen LogP contribution is -2.26. The maximum atomic E-state index is 11.5. The van der Waals surface area contributed by atoms with Crippen molar-refractivity contribution in [3.8, 4) is 0 Å². The third-order valence-corrected chi connectivity index (χ3v) is 3.13. The largest absolute Gasteiger partial charge is 0.465 e. The van der Waals surface area contributed by atoms with E-state index in [9.17, 15) is 9.59 Å². The lowest BCUT2D eigenvalue weighted by molar-refractivity contribution is -0.144. The van der Waals surface area contributed by atoms with Gasteiger partial charge in [0.15, 0.2) is 0 Å². The second kappa shape index (κ2) is 6.93. The highest BCUT2D eigenvalue weighted by molar-refractivity contribution is 5.77. The average molecular weight is 276 g/mol. The summed E-state index contributed by atoms with van der Waals surface area (Å²) in [5.41, 5.74) is 7.34. The zero-order valence-electron chi connectivity index (χ0n) is 11.4. The standard InChI is InChI=1S/C15H20N2O3/c16-12-4-1-11(2-5-12)3-8-15(19)20-10-9-14(18)17-13-6-7-13/h1-2,4-5,13H,3,6-10,16H2,(H,17,18). The number of nitrogen functional groups attached to an aromatic ring is 1. The molecule has 0 heterocycles. The average Bonchev–Trinajstić information content (AvgIpc) is 3.22. The SMILES string of the molecule is Nc1ccc(CCC(=O)OCCC(=O)NC2CC2)cc1. The van der Waals surface area contributed by atoms with Crippen molar-refractivity contribution in [3.63, 3.8) is 0 Å². The van der Waals surface area contributed by atoms with Gasteiger partial charge < -0.3 is 15.8 Å². The maximum Gasteiger partial charge on any atom is 0.306 e. The van der Waals surface area contributed by atoms with Gasteiger partial charge >= 0.3 is 5.97 Å². The van der Waals surface area contributed by atoms with E-state index >= 15 is 0 Å². The molecular formula is C15H20N2O3. The minimum absolute atomic E-state index is 0.0427. The number of esters is 1. The molecule has 108 valence electrons. The lowest BCUT2D eigenvalue weighted by atomic mass is 10.1. The van der Waals surface area contributed by atoms with Crippen LogP contribution >= 0.6 is 0 Å². The summed E-state index contributed by atoms with van der Waals surface area (Å²) in [6.45, 7) is 0.152. The number of aryl methyl sites for hydroxylation is 1. The molecule has 1 aromatic carbocycles. The molecular weight excluding hydrogens is 256 g/mol. The summed E-state index contributed by atoms with van der Waals surface area (Å²) in [5.74, 6) is -0.320. The van der Waals surface area contributed by atoms with Crippen LogP contribution in [-0.2, 0) is 20.7 Å². The minimum atomic E-state index is -0.277. The molecule has 0 aromatic heterocycles. The highest BCUT2D eigenvalue weighted by Crippen LogP contribution is 2.18. The first-order valence-corrected chi connectivity index (χ1v) is 6.93. The van der Waals surface area contributed by atoms with Gasteiger partial charge in [-0.15, -0.1) is 0 Å². The first-order chi connectivity index (χ1) is 9.63. The van der Waals surface area contributed by atoms with Crippen molar-refractivity contribution in [2.24, 2.45) is 0 Å². The van der Waals surface area contributed by atoms with Gasteiger partial charge in [0.05, 0.1) is 6.42 Å². The van der Waals surface area contributed by atoms with Gasteiger partial charge in [0.1, 0.15) is 6.61 Å². The number of rotatable bonds is 7. The van der Waals surface area contributed by atoms with Crippen molar-refractivity contribution >= 4 is 17.6 Å². The number of carbonyl (C=O) groups excluding carboxylic acids is 2. The van der Waals surface area contributed by atoms with Crippen LogP contribution in [0.4, 0.5) is 5.69 Å². The molecule has 20 heavy (non-hydrogen) atoms. The van der Waals surface area contributed by atoms with Crippen molar-refractivity contribution in [1.82, 2.24) is 5.32 Å². The molecule has 2 rings (SSSR count). The summed E-state index contributed by atoms with van der Waals surface area (Å²) in [6.07, 6.45) is 3.30. The van der Waals surface area contributed by atoms with Crippen LogP contribution in [0.1, 0.15) is 31.2 Å². The van der Waals surface area contributed by atoms with Crippen LogP contribution in [0.2, 0.25) is 0 Å². The molecule has 1 aliphatic rings. The summed E-state index contributed by atoms with van der Waals surface area (Å²) in [7, 11) is 0. The normalized spacial score (nSPS) is 13.8. The molecule has 1 saturated carbocycles. The van der Waals surface area contributed by atoms with Gasteiger partial charge in [-0.05, 0) is 37.0 Å². The molecule has 0 unspecified atom stereocenters. The number of benzene rings is 1. The Morgan fingerprint density at radius 1 is 1.20 bits per heavy atom. The Labute approximate surface area is 118 Å². The quantitative estimate of drug-likeness (QED) is 0.583. The lowest BCUT2D eigenvalue weighted by Gasteiger charge is -2.06. The zero-order valence-corrected chi connectivity index (χ0v) is 11.4. The van der Waals surface area contributed by atoms with Crippen molar-refractivity contribution in [2.75, 3.05) is 12.3 Å². The smallest absolute Gasteiger partial charge is 0.306 e. The number of nitrogens with two attached hydrogens (primary N) is 1. The number of anilines is 1. The second-order valence-electron chi connectivity index (χ2n) is 5.05. The van der Waals surface area contributed by atoms with E-state index in [1.807, 2.05) is 24.3 Å². The predicted octanol–water partition coefficient (Wildman–Crippen LogP) is 1.41. The molecule has 0 bridgehead atoms. The monoisotopic (exact) mass is 276 g/mol. The number of ether oxygens (including phenoxy) is 1. The van der Waals surface area contributed by atoms with Crippen LogP contribution in [0.3, 0.4) is 0 Å². The fraction of sp³-hybridized carbons (Fsp3) is 0.467. The molecule has 0 saturated heterocycles. The van der Waals surface area contributed by atoms with Crippen molar-refractivity contribution in [3.05, 3.63) is 29.8 Å². The summed E-state index contributed by atoms with van der Waals surface area (Å²) < 4.78 is 5.04. The van der Waals surface area contributed by atoms with Crippen molar-refractivity contribution in [2.45, 2.75) is 38.1 Å². The van der Waals surface area contributed by atoms with Crippen LogP contribution < -0.4 is 11.1 Å². The molecule has 1 fully saturated rings. The van der Waals surface area contributed by atoms with Crippen LogP contribution in [0, 0.1) is 0 Å². The van der Waals surface area contributed by atoms with Gasteiger partial charge in [-0.3, -0.25) is 9.59 Å². The Morgan fingerprint density at radius 2 is 1.90 bits per heavy atom. The molecule has 1 aliphatic carbocycles. The number of carbonyl (C=O) groups is 2. The topological polar surface area (TPSA) is 81.4 Å². The van der Waals surface area contributed by atoms with E-state index in [1.165, 1.54) is 0 Å². The first kappa shape index (κ1) is 14.4. The number of hydrogen-bond acceptors (Lipinski definition) is 4. The van der Waals surface area contributed by atoms with E-state index in [2.05, 4.69) is 5.32 Å². The fourth-order valence-corrected chi connectivity index (χ4v) is 1.79. The Morgan fingerprint density at radius 3 is 2.55 bits per heavy atom. The summed E-state index contributed by atoms with van der Waals surface area (Å²) in [4.78, 5) is 22.9. The van der Waals surface area contributed by atoms with Gasteiger partial charge in [0.25, 0.3) is 0 Å². The Balaban J connectivity index is 1.57. The number of hydrogen-bond donors (Lipinski definition) is 2. The van der Waals surface area contributed by atoms with Gasteiger partial charge in [-0.2, -0.15) is 0 Å². The highest BCUT2D eigenvalue weighted by Gasteiger charge is 2.22. The molecule has 1 amide bonds. The highest BCUT2D eigenvalue weighted by atomic mass is 16.5. The third-order valence-electron chi connectivity index (χ3n) is 3.13. The molecule has 5 nitrogen and oxygen atoms in total. The van der Waals surface area contributed by atoms with E-state index in [4.69, 9.17) is 10.5 Å². The van der Waals surface area contributed by atoms with Crippen molar-refractivity contribution in [1.29, 1.82) is 0 Å². The van der Waals surface area contributed by atoms with Gasteiger partial charge in [-0.1, -0.05) is 12.1 Å². The number of nitrogens with one attached hydrogen (secondary N) is 1. The first-order valence-electron chi connectivity index (χ1n) is 6.93. The summed E-state index contributed by atoms with van der Waals surface area (Å²) in [5, 5.41) is 2.85. The third kappa shape index (κ3) is 5.30. The minimum Gasteiger partial charge on any atom is -0.465 e. The van der Waals surface area contributed by atoms with E-state index in [0.29, 0.717) is 24.6 Å². The summed E-state index contributed by atoms with van der Waals surface area (Å²) in [6, 6.07) is 7.76. The van der Waals surface area contributed by atoms with E-state index in [0.717, 1.165) is 18.4 Å². The molecule has 0 aliphatic heterocycles. The van der Waals surface area contributed by atoms with Gasteiger partial charge in [0, 0.05) is 18.2 Å². The van der Waals surface area contributed by atoms with Crippen LogP contribution in [-0.4, -0.2) is 24.5 Å². The van der Waals surface area contributed by atoms with Crippen molar-refractivity contribution < 1.29 is 14.3 Å². The zero-order chi connectivity index (χ0) is 14.4. The van der Waals surface area contributed by atoms with Crippen LogP contribution in [0.25, 0.3) is 0 Å². The summed E-state index contributed by atoms with van der Waals surface area (Å²) >= 11 is 0. The molecule has 5 heteroatoms. The molecule has 1 aromatic rings. The van der Waals surface area contributed by atoms with Crippen LogP contribution in [0.5, 0.6) is 0 Å². The number of amides is 1. The predicted molar refractivity (Wildman–Crippen MR) is 75.9 cm³/mol. The van der Waals surface area contributed by atoms with E-state index in [1.54, 1.807) is 0 Å². The van der Waals surface area contributed by atoms with E-state index < -0.39 is 0 Å². The van der Waals surface area contributed by atoms with E-state index in [-0.39, 0.29) is 24.9 Å². The Kier molecular flexibility index (Phi) is 4.98. The molecule has 3 N–H and O–H groups in total. The second-order valence-corrected chi connectivity index (χ2v) is 5.05. The maximum absolute atomic E-state index is 11.5. The Bertz CT molecular complexity index is 467. The molecule has 0 atom stereocenters. The van der Waals surface area contributed by atoms with Gasteiger partial charge in [0.2, 0.25) is 5.91 Å². The van der Waals surface area contributed by atoms with Gasteiger partial charge in [-0.25, -0.2) is 0 Å². The molecule has 0 spiro atoms.